The number of fused-ring (bicyclic) bond motifs is 1. The van der Waals surface area contributed by atoms with E-state index in [1.54, 1.807) is 33.0 Å². The van der Waals surface area contributed by atoms with Crippen LogP contribution in [0.4, 0.5) is 0 Å². The first kappa shape index (κ1) is 29.1. The Kier molecular flexibility index (Phi) is 8.50. The number of hydrogen-bond acceptors (Lipinski definition) is 6. The number of carbonyl (C=O) groups is 2. The van der Waals surface area contributed by atoms with Gasteiger partial charge in [-0.2, -0.15) is 0 Å². The van der Waals surface area contributed by atoms with Crippen LogP contribution in [0.1, 0.15) is 100 Å². The van der Waals surface area contributed by atoms with Crippen LogP contribution < -0.4 is 15.4 Å². The maximum atomic E-state index is 13.5. The van der Waals surface area contributed by atoms with Gasteiger partial charge in [0.05, 0.1) is 24.1 Å². The average Bonchev–Trinajstić information content (AvgIpc) is 2.94. The number of benzene rings is 1. The first-order valence-corrected chi connectivity index (χ1v) is 13.9. The summed E-state index contributed by atoms with van der Waals surface area (Å²) in [5, 5.41) is 26.1. The van der Waals surface area contributed by atoms with Crippen molar-refractivity contribution in [1.29, 1.82) is 5.41 Å². The second-order valence-corrected chi connectivity index (χ2v) is 11.0. The van der Waals surface area contributed by atoms with Gasteiger partial charge >= 0.3 is 0 Å². The molecule has 3 atom stereocenters. The van der Waals surface area contributed by atoms with E-state index < -0.39 is 35.2 Å². The van der Waals surface area contributed by atoms with Gasteiger partial charge in [-0.05, 0) is 57.7 Å². The van der Waals surface area contributed by atoms with Gasteiger partial charge in [-0.3, -0.25) is 24.9 Å². The van der Waals surface area contributed by atoms with Crippen molar-refractivity contribution in [2.45, 2.75) is 96.1 Å². The number of aliphatic hydroxyl groups is 1. The lowest BCUT2D eigenvalue weighted by molar-refractivity contribution is -0.132. The van der Waals surface area contributed by atoms with Crippen LogP contribution in [0, 0.1) is 17.3 Å². The summed E-state index contributed by atoms with van der Waals surface area (Å²) in [4.78, 5) is 32.8. The fraction of sp³-hybridized carbons (Fsp3) is 0.484. The molecule has 9 nitrogen and oxygen atoms in total. The molecule has 2 aromatic rings. The Morgan fingerprint density at radius 3 is 2.70 bits per heavy atom. The quantitative estimate of drug-likeness (QED) is 0.368. The first-order valence-electron chi connectivity index (χ1n) is 13.9. The smallest absolute Gasteiger partial charge is 0.253 e. The van der Waals surface area contributed by atoms with E-state index in [1.807, 2.05) is 38.1 Å². The molecule has 1 aromatic carbocycles. The highest BCUT2D eigenvalue weighted by Gasteiger charge is 2.44. The lowest BCUT2D eigenvalue weighted by Gasteiger charge is -2.44. The monoisotopic (exact) mass is 545 g/mol. The maximum absolute atomic E-state index is 13.5. The molecule has 1 saturated heterocycles. The maximum Gasteiger partial charge on any atom is 0.253 e. The fourth-order valence-electron chi connectivity index (χ4n) is 5.53. The molecule has 0 saturated carbocycles. The molecule has 0 aliphatic carbocycles. The molecule has 9 heteroatoms. The minimum atomic E-state index is -0.988. The zero-order valence-electron chi connectivity index (χ0n) is 23.9. The number of amides is 2. The van der Waals surface area contributed by atoms with Crippen LogP contribution in [-0.4, -0.2) is 50.0 Å². The van der Waals surface area contributed by atoms with Crippen molar-refractivity contribution >= 4 is 17.8 Å². The predicted octanol–water partition coefficient (Wildman–Crippen LogP) is 4.24. The van der Waals surface area contributed by atoms with Gasteiger partial charge in [0.15, 0.2) is 5.96 Å². The minimum Gasteiger partial charge on any atom is -0.485 e. The van der Waals surface area contributed by atoms with Gasteiger partial charge in [-0.1, -0.05) is 32.0 Å². The second-order valence-electron chi connectivity index (χ2n) is 11.0. The summed E-state index contributed by atoms with van der Waals surface area (Å²) in [6, 6.07) is 7.82. The largest absolute Gasteiger partial charge is 0.485 e. The predicted molar refractivity (Wildman–Crippen MR) is 153 cm³/mol. The molecule has 40 heavy (non-hydrogen) atoms. The third-order valence-electron chi connectivity index (χ3n) is 8.12. The Hall–Kier alpha value is -3.90. The first-order chi connectivity index (χ1) is 19.1. The number of guanidine groups is 1. The van der Waals surface area contributed by atoms with Crippen LogP contribution in [-0.2, 0) is 4.79 Å². The van der Waals surface area contributed by atoms with Crippen molar-refractivity contribution in [1.82, 2.24) is 20.5 Å². The number of aromatic nitrogens is 1. The molecular weight excluding hydrogens is 506 g/mol. The molecule has 0 spiro atoms. The molecule has 1 aromatic heterocycles. The lowest BCUT2D eigenvalue weighted by atomic mass is 9.86. The normalized spacial score (nSPS) is 21.7. The van der Waals surface area contributed by atoms with Gasteiger partial charge in [0, 0.05) is 29.9 Å². The molecular formula is C31H39N5O4. The van der Waals surface area contributed by atoms with Crippen molar-refractivity contribution in [3.63, 3.8) is 0 Å². The number of pyridine rings is 1. The molecule has 212 valence electrons. The molecule has 2 aliphatic heterocycles. The van der Waals surface area contributed by atoms with Gasteiger partial charge in [0.1, 0.15) is 17.5 Å². The number of para-hydroxylation sites is 1. The van der Waals surface area contributed by atoms with Crippen molar-refractivity contribution in [3.8, 4) is 17.6 Å². The lowest BCUT2D eigenvalue weighted by Crippen LogP contribution is -2.62. The molecule has 0 bridgehead atoms. The molecule has 3 heterocycles. The summed E-state index contributed by atoms with van der Waals surface area (Å²) >= 11 is 0. The number of carbonyl (C=O) groups excluding carboxylic acids is 2. The summed E-state index contributed by atoms with van der Waals surface area (Å²) < 4.78 is 5.98. The van der Waals surface area contributed by atoms with Gasteiger partial charge in [-0.15, -0.1) is 11.8 Å². The van der Waals surface area contributed by atoms with E-state index in [0.29, 0.717) is 35.3 Å². The number of aliphatic hydroxyl groups excluding tert-OH is 1. The van der Waals surface area contributed by atoms with Crippen molar-refractivity contribution in [3.05, 3.63) is 59.4 Å². The third-order valence-corrected chi connectivity index (χ3v) is 8.12. The van der Waals surface area contributed by atoms with Crippen molar-refractivity contribution < 1.29 is 19.4 Å². The standard InChI is InChI=1S/C31H39N5O4/c1-6-9-10-14-23(36-25(37)17-31(7-2,8-3)35-29(36)32)20-16-21(19-33-18-20)28(39)34-26-22-13-11-12-15-24(22)40-30(4,5)27(26)38/h11-13,15-16,18-19,23,26-27,38H,7-8,10,14,17H2,1-5H3,(H2,32,35)(H,34,39)/t23?,26-,27+/m1/s1. The fourth-order valence-corrected chi connectivity index (χ4v) is 5.53. The number of rotatable bonds is 8. The van der Waals surface area contributed by atoms with Crippen LogP contribution in [0.5, 0.6) is 5.75 Å². The molecule has 4 rings (SSSR count). The van der Waals surface area contributed by atoms with Crippen LogP contribution in [0.25, 0.3) is 0 Å². The summed E-state index contributed by atoms with van der Waals surface area (Å²) in [5.74, 6) is 6.05. The SMILES string of the molecule is CC#CCCC(c1cncc(C(=O)N[C@@H]2c3ccccc3OC(C)(C)[C@H]2O)c1)N1C(=N)NC(CC)(CC)CC1=O. The van der Waals surface area contributed by atoms with Gasteiger partial charge in [0.25, 0.3) is 5.91 Å². The molecule has 2 amide bonds. The Bertz CT molecular complexity index is 1320. The van der Waals surface area contributed by atoms with E-state index in [4.69, 9.17) is 10.1 Å². The van der Waals surface area contributed by atoms with E-state index >= 15 is 0 Å². The van der Waals surface area contributed by atoms with Gasteiger partial charge in [0.2, 0.25) is 5.91 Å². The zero-order chi connectivity index (χ0) is 29.1. The van der Waals surface area contributed by atoms with E-state index in [9.17, 15) is 14.7 Å². The van der Waals surface area contributed by atoms with Crippen LogP contribution in [0.15, 0.2) is 42.7 Å². The van der Waals surface area contributed by atoms with E-state index in [1.165, 1.54) is 11.1 Å². The Labute approximate surface area is 236 Å². The van der Waals surface area contributed by atoms with E-state index in [2.05, 4.69) is 27.5 Å². The second kappa shape index (κ2) is 11.7. The van der Waals surface area contributed by atoms with Crippen LogP contribution in [0.2, 0.25) is 0 Å². The summed E-state index contributed by atoms with van der Waals surface area (Å²) in [5.41, 5.74) is 0.271. The Balaban J connectivity index is 1.63. The third kappa shape index (κ3) is 5.68. The molecule has 0 radical (unpaired) electrons. The Morgan fingerprint density at radius 2 is 2.02 bits per heavy atom. The number of nitrogens with zero attached hydrogens (tertiary/aromatic N) is 2. The van der Waals surface area contributed by atoms with Gasteiger partial charge in [-0.25, -0.2) is 0 Å². The number of hydrogen-bond donors (Lipinski definition) is 4. The molecule has 1 fully saturated rings. The van der Waals surface area contributed by atoms with Crippen molar-refractivity contribution in [2.24, 2.45) is 0 Å². The Morgan fingerprint density at radius 1 is 1.30 bits per heavy atom. The topological polar surface area (TPSA) is 128 Å². The number of ether oxygens (including phenoxy) is 1. The highest BCUT2D eigenvalue weighted by molar-refractivity contribution is 6.00. The molecule has 4 N–H and O–H groups in total. The molecule has 2 aliphatic rings. The summed E-state index contributed by atoms with van der Waals surface area (Å²) in [6.07, 6.45) is 4.84. The minimum absolute atomic E-state index is 0.0495. The van der Waals surface area contributed by atoms with E-state index in [0.717, 1.165) is 12.8 Å². The number of nitrogens with one attached hydrogen (secondary N) is 3. The average molecular weight is 546 g/mol. The van der Waals surface area contributed by atoms with Crippen LogP contribution >= 0.6 is 0 Å². The zero-order valence-corrected chi connectivity index (χ0v) is 23.9. The summed E-state index contributed by atoms with van der Waals surface area (Å²) in [7, 11) is 0. The molecule has 1 unspecified atom stereocenters. The van der Waals surface area contributed by atoms with Crippen LogP contribution in [0.3, 0.4) is 0 Å². The summed E-state index contributed by atoms with van der Waals surface area (Å²) in [6.45, 7) is 9.36. The van der Waals surface area contributed by atoms with E-state index in [-0.39, 0.29) is 18.3 Å². The highest BCUT2D eigenvalue weighted by atomic mass is 16.5. The van der Waals surface area contributed by atoms with Crippen molar-refractivity contribution in [2.75, 3.05) is 0 Å². The highest BCUT2D eigenvalue weighted by Crippen LogP contribution is 2.40. The van der Waals surface area contributed by atoms with Gasteiger partial charge < -0.3 is 20.5 Å².